The van der Waals surface area contributed by atoms with Gasteiger partial charge in [-0.3, -0.25) is 4.79 Å². The van der Waals surface area contributed by atoms with Gasteiger partial charge in [-0.2, -0.15) is 0 Å². The lowest BCUT2D eigenvalue weighted by molar-refractivity contribution is 0.619. The predicted molar refractivity (Wildman–Crippen MR) is 77.9 cm³/mol. The Labute approximate surface area is 119 Å². The zero-order valence-electron chi connectivity index (χ0n) is 9.69. The third-order valence-electron chi connectivity index (χ3n) is 2.83. The molecule has 1 heterocycles. The van der Waals surface area contributed by atoms with Crippen LogP contribution in [0.1, 0.15) is 0 Å². The van der Waals surface area contributed by atoms with Gasteiger partial charge in [0.05, 0.1) is 10.4 Å². The zero-order chi connectivity index (χ0) is 13.4. The maximum absolute atomic E-state index is 12.1. The second-order valence-electron chi connectivity index (χ2n) is 4.10. The van der Waals surface area contributed by atoms with Crippen molar-refractivity contribution in [3.63, 3.8) is 0 Å². The monoisotopic (exact) mass is 290 g/mol. The molecule has 0 fully saturated rings. The summed E-state index contributed by atoms with van der Waals surface area (Å²) in [6, 6.07) is 13.6. The molecule has 3 rings (SSSR count). The Balaban J connectivity index is 2.31. The molecule has 0 aliphatic rings. The van der Waals surface area contributed by atoms with E-state index in [1.807, 2.05) is 18.2 Å². The van der Waals surface area contributed by atoms with Crippen LogP contribution in [0.3, 0.4) is 0 Å². The van der Waals surface area contributed by atoms with Crippen molar-refractivity contribution in [2.24, 2.45) is 0 Å². The van der Waals surface area contributed by atoms with Crippen molar-refractivity contribution in [1.82, 2.24) is 0 Å². The van der Waals surface area contributed by atoms with Crippen LogP contribution in [0, 0.1) is 0 Å². The molecule has 2 nitrogen and oxygen atoms in total. The summed E-state index contributed by atoms with van der Waals surface area (Å²) in [5.74, 6) is 0.449. The van der Waals surface area contributed by atoms with Crippen molar-refractivity contribution in [1.29, 1.82) is 0 Å². The molecule has 0 saturated heterocycles. The smallest absolute Gasteiger partial charge is 0.193 e. The van der Waals surface area contributed by atoms with E-state index in [1.165, 1.54) is 6.07 Å². The van der Waals surface area contributed by atoms with Crippen LogP contribution in [-0.2, 0) is 0 Å². The average molecular weight is 291 g/mol. The summed E-state index contributed by atoms with van der Waals surface area (Å²) in [4.78, 5) is 12.1. The Morgan fingerprint density at radius 2 is 1.74 bits per heavy atom. The Morgan fingerprint density at radius 3 is 2.53 bits per heavy atom. The average Bonchev–Trinajstić information content (AvgIpc) is 2.40. The van der Waals surface area contributed by atoms with Gasteiger partial charge in [0.1, 0.15) is 11.3 Å². The first-order valence-electron chi connectivity index (χ1n) is 5.63. The standard InChI is InChI=1S/C15H8Cl2O2/c16-9-5-6-14-11(7-9)13(18)8-15(19-14)10-3-1-2-4-12(10)17/h1-8H. The van der Waals surface area contributed by atoms with Gasteiger partial charge >= 0.3 is 0 Å². The highest BCUT2D eigenvalue weighted by molar-refractivity contribution is 6.33. The van der Waals surface area contributed by atoms with Crippen molar-refractivity contribution in [2.75, 3.05) is 0 Å². The lowest BCUT2D eigenvalue weighted by Crippen LogP contribution is -2.00. The first kappa shape index (κ1) is 12.3. The van der Waals surface area contributed by atoms with E-state index in [4.69, 9.17) is 27.6 Å². The summed E-state index contributed by atoms with van der Waals surface area (Å²) in [5, 5.41) is 1.51. The molecule has 0 radical (unpaired) electrons. The normalized spacial score (nSPS) is 10.8. The van der Waals surface area contributed by atoms with Gasteiger partial charge in [-0.25, -0.2) is 0 Å². The maximum Gasteiger partial charge on any atom is 0.193 e. The Bertz CT molecular complexity index is 822. The van der Waals surface area contributed by atoms with Gasteiger partial charge in [0, 0.05) is 16.7 Å². The first-order chi connectivity index (χ1) is 9.15. The second kappa shape index (κ2) is 4.72. The molecule has 0 unspecified atom stereocenters. The van der Waals surface area contributed by atoms with E-state index in [0.717, 1.165) is 0 Å². The zero-order valence-corrected chi connectivity index (χ0v) is 11.2. The fourth-order valence-electron chi connectivity index (χ4n) is 1.92. The molecule has 3 aromatic rings. The van der Waals surface area contributed by atoms with Crippen molar-refractivity contribution in [2.45, 2.75) is 0 Å². The number of benzene rings is 2. The van der Waals surface area contributed by atoms with E-state index < -0.39 is 0 Å². The van der Waals surface area contributed by atoms with E-state index in [0.29, 0.717) is 32.3 Å². The largest absolute Gasteiger partial charge is 0.456 e. The molecular formula is C15H8Cl2O2. The number of fused-ring (bicyclic) bond motifs is 1. The lowest BCUT2D eigenvalue weighted by Gasteiger charge is -2.05. The van der Waals surface area contributed by atoms with Crippen LogP contribution < -0.4 is 5.43 Å². The van der Waals surface area contributed by atoms with E-state index in [-0.39, 0.29) is 5.43 Å². The summed E-state index contributed by atoms with van der Waals surface area (Å²) in [6.07, 6.45) is 0. The lowest BCUT2D eigenvalue weighted by atomic mass is 10.1. The highest BCUT2D eigenvalue weighted by Gasteiger charge is 2.09. The first-order valence-corrected chi connectivity index (χ1v) is 6.39. The van der Waals surface area contributed by atoms with Gasteiger partial charge in [0.25, 0.3) is 0 Å². The summed E-state index contributed by atoms with van der Waals surface area (Å²) < 4.78 is 5.72. The van der Waals surface area contributed by atoms with Gasteiger partial charge in [0.15, 0.2) is 5.43 Å². The topological polar surface area (TPSA) is 30.2 Å². The van der Waals surface area contributed by atoms with E-state index >= 15 is 0 Å². The second-order valence-corrected chi connectivity index (χ2v) is 4.94. The SMILES string of the molecule is O=c1cc(-c2ccccc2Cl)oc2ccc(Cl)cc12. The molecule has 0 N–H and O–H groups in total. The molecule has 0 aliphatic carbocycles. The highest BCUT2D eigenvalue weighted by Crippen LogP contribution is 2.29. The molecule has 0 bridgehead atoms. The van der Waals surface area contributed by atoms with Crippen molar-refractivity contribution in [3.05, 3.63) is 68.8 Å². The molecule has 2 aromatic carbocycles. The maximum atomic E-state index is 12.1. The molecule has 0 aliphatic heterocycles. The molecule has 19 heavy (non-hydrogen) atoms. The summed E-state index contributed by atoms with van der Waals surface area (Å²) in [7, 11) is 0. The van der Waals surface area contributed by atoms with Crippen molar-refractivity contribution in [3.8, 4) is 11.3 Å². The van der Waals surface area contributed by atoms with Crippen LogP contribution in [0.25, 0.3) is 22.3 Å². The summed E-state index contributed by atoms with van der Waals surface area (Å²) in [5.41, 5.74) is 1.05. The van der Waals surface area contributed by atoms with Crippen LogP contribution in [0.15, 0.2) is 57.7 Å². The number of halogens is 2. The van der Waals surface area contributed by atoms with Crippen LogP contribution in [0.5, 0.6) is 0 Å². The van der Waals surface area contributed by atoms with Crippen LogP contribution in [0.2, 0.25) is 10.0 Å². The summed E-state index contributed by atoms with van der Waals surface area (Å²) in [6.45, 7) is 0. The Morgan fingerprint density at radius 1 is 0.947 bits per heavy atom. The molecular weight excluding hydrogens is 283 g/mol. The Hall–Kier alpha value is -1.77. The van der Waals surface area contributed by atoms with Crippen LogP contribution in [-0.4, -0.2) is 0 Å². The van der Waals surface area contributed by atoms with Gasteiger partial charge in [0.2, 0.25) is 0 Å². The van der Waals surface area contributed by atoms with E-state index in [9.17, 15) is 4.79 Å². The van der Waals surface area contributed by atoms with Crippen LogP contribution in [0.4, 0.5) is 0 Å². The van der Waals surface area contributed by atoms with E-state index in [2.05, 4.69) is 0 Å². The molecule has 0 atom stereocenters. The van der Waals surface area contributed by atoms with Crippen LogP contribution >= 0.6 is 23.2 Å². The van der Waals surface area contributed by atoms with Gasteiger partial charge in [-0.15, -0.1) is 0 Å². The molecule has 1 aromatic heterocycles. The van der Waals surface area contributed by atoms with Gasteiger partial charge < -0.3 is 4.42 Å². The van der Waals surface area contributed by atoms with Gasteiger partial charge in [-0.05, 0) is 30.3 Å². The highest BCUT2D eigenvalue weighted by atomic mass is 35.5. The molecule has 94 valence electrons. The minimum Gasteiger partial charge on any atom is -0.456 e. The predicted octanol–water partition coefficient (Wildman–Crippen LogP) is 4.77. The van der Waals surface area contributed by atoms with E-state index in [1.54, 1.807) is 24.3 Å². The molecule has 0 spiro atoms. The fourth-order valence-corrected chi connectivity index (χ4v) is 2.32. The quantitative estimate of drug-likeness (QED) is 0.646. The number of hydrogen-bond acceptors (Lipinski definition) is 2. The van der Waals surface area contributed by atoms with Crippen molar-refractivity contribution < 1.29 is 4.42 Å². The van der Waals surface area contributed by atoms with Gasteiger partial charge in [-0.1, -0.05) is 35.3 Å². The molecule has 0 amide bonds. The Kier molecular flexibility index (Phi) is 3.05. The minimum atomic E-state index is -0.140. The third-order valence-corrected chi connectivity index (χ3v) is 3.39. The minimum absolute atomic E-state index is 0.140. The number of hydrogen-bond donors (Lipinski definition) is 0. The number of rotatable bonds is 1. The van der Waals surface area contributed by atoms with Crippen molar-refractivity contribution >= 4 is 34.2 Å². The fraction of sp³-hybridized carbons (Fsp3) is 0. The summed E-state index contributed by atoms with van der Waals surface area (Å²) >= 11 is 12.0. The third kappa shape index (κ3) is 2.25. The molecule has 0 saturated carbocycles. The molecule has 4 heteroatoms.